The molecule has 152 valence electrons. The van der Waals surface area contributed by atoms with Gasteiger partial charge in [0, 0.05) is 45.1 Å². The lowest BCUT2D eigenvalue weighted by atomic mass is 10.0. The summed E-state index contributed by atoms with van der Waals surface area (Å²) in [6.45, 7) is 8.74. The molecule has 2 amide bonds. The fourth-order valence-corrected chi connectivity index (χ4v) is 3.08. The third-order valence-corrected chi connectivity index (χ3v) is 5.08. The lowest BCUT2D eigenvalue weighted by Gasteiger charge is -2.35. The van der Waals surface area contributed by atoms with Crippen LogP contribution in [0.15, 0.2) is 18.2 Å². The van der Waals surface area contributed by atoms with Gasteiger partial charge < -0.3 is 14.5 Å². The number of ether oxygens (including phenoxy) is 1. The highest BCUT2D eigenvalue weighted by Gasteiger charge is 2.27. The second-order valence-corrected chi connectivity index (χ2v) is 7.19. The molecule has 0 bridgehead atoms. The van der Waals surface area contributed by atoms with E-state index in [4.69, 9.17) is 4.74 Å². The molecule has 0 spiro atoms. The molecule has 28 heavy (non-hydrogen) atoms. The predicted octanol–water partition coefficient (Wildman–Crippen LogP) is 1.89. The van der Waals surface area contributed by atoms with E-state index >= 15 is 0 Å². The molecule has 0 saturated carbocycles. The first-order chi connectivity index (χ1) is 13.2. The molecule has 1 atom stereocenters. The van der Waals surface area contributed by atoms with Crippen LogP contribution in [0.1, 0.15) is 48.2 Å². The molecule has 0 N–H and O–H groups in total. The van der Waals surface area contributed by atoms with Crippen LogP contribution in [0.4, 0.5) is 0 Å². The summed E-state index contributed by atoms with van der Waals surface area (Å²) >= 11 is 0. The Balaban J connectivity index is 1.78. The Morgan fingerprint density at radius 2 is 1.57 bits per heavy atom. The highest BCUT2D eigenvalue weighted by molar-refractivity contribution is 5.98. The van der Waals surface area contributed by atoms with Gasteiger partial charge in [-0.05, 0) is 38.0 Å². The van der Waals surface area contributed by atoms with Crippen LogP contribution in [0, 0.1) is 13.8 Å². The number of benzene rings is 1. The van der Waals surface area contributed by atoms with Crippen LogP contribution in [0.25, 0.3) is 0 Å². The van der Waals surface area contributed by atoms with Crippen molar-refractivity contribution in [2.24, 2.45) is 0 Å². The van der Waals surface area contributed by atoms with Crippen molar-refractivity contribution < 1.29 is 23.9 Å². The average molecular weight is 388 g/mol. The molecule has 1 unspecified atom stereocenters. The smallest absolute Gasteiger partial charge is 0.307 e. The Kier molecular flexibility index (Phi) is 7.31. The minimum Gasteiger partial charge on any atom is -0.453 e. The van der Waals surface area contributed by atoms with Crippen LogP contribution in [-0.4, -0.2) is 65.6 Å². The van der Waals surface area contributed by atoms with Crippen LogP contribution in [0.5, 0.6) is 0 Å². The summed E-state index contributed by atoms with van der Waals surface area (Å²) in [6, 6.07) is 5.45. The molecule has 1 saturated heterocycles. The number of aryl methyl sites for hydroxylation is 2. The largest absolute Gasteiger partial charge is 0.453 e. The molecule has 7 nitrogen and oxygen atoms in total. The van der Waals surface area contributed by atoms with Gasteiger partial charge in [0.2, 0.25) is 5.91 Å². The first-order valence-electron chi connectivity index (χ1n) is 9.53. The van der Waals surface area contributed by atoms with Gasteiger partial charge in [0.1, 0.15) is 0 Å². The summed E-state index contributed by atoms with van der Waals surface area (Å²) in [4.78, 5) is 51.3. The van der Waals surface area contributed by atoms with E-state index in [0.29, 0.717) is 31.7 Å². The molecule has 1 aromatic carbocycles. The summed E-state index contributed by atoms with van der Waals surface area (Å²) in [7, 11) is 0. The number of esters is 1. The summed E-state index contributed by atoms with van der Waals surface area (Å²) < 4.78 is 5.21. The molecule has 0 aliphatic carbocycles. The number of carbonyl (C=O) groups excluding carboxylic acids is 4. The van der Waals surface area contributed by atoms with Crippen molar-refractivity contribution in [3.05, 3.63) is 34.9 Å². The third-order valence-electron chi connectivity index (χ3n) is 5.08. The topological polar surface area (TPSA) is 84.0 Å². The maximum absolute atomic E-state index is 12.4. The zero-order valence-corrected chi connectivity index (χ0v) is 17.0. The van der Waals surface area contributed by atoms with Crippen molar-refractivity contribution in [3.8, 4) is 0 Å². The van der Waals surface area contributed by atoms with Crippen molar-refractivity contribution in [1.82, 2.24) is 9.80 Å². The number of rotatable bonds is 6. The monoisotopic (exact) mass is 388 g/mol. The Labute approximate surface area is 165 Å². The Morgan fingerprint density at radius 3 is 2.14 bits per heavy atom. The van der Waals surface area contributed by atoms with Gasteiger partial charge in [0.25, 0.3) is 5.91 Å². The van der Waals surface area contributed by atoms with E-state index in [1.807, 2.05) is 26.0 Å². The third kappa shape index (κ3) is 5.65. The number of ketones is 1. The van der Waals surface area contributed by atoms with E-state index in [0.717, 1.165) is 11.1 Å². The van der Waals surface area contributed by atoms with Gasteiger partial charge in [-0.15, -0.1) is 0 Å². The number of hydrogen-bond donors (Lipinski definition) is 0. The molecule has 1 aromatic rings. The number of amides is 2. The summed E-state index contributed by atoms with van der Waals surface area (Å²) in [5.41, 5.74) is 2.70. The van der Waals surface area contributed by atoms with Crippen LogP contribution in [0.3, 0.4) is 0 Å². The van der Waals surface area contributed by atoms with Gasteiger partial charge in [-0.3, -0.25) is 19.2 Å². The van der Waals surface area contributed by atoms with Gasteiger partial charge in [-0.1, -0.05) is 12.1 Å². The van der Waals surface area contributed by atoms with Crippen molar-refractivity contribution in [2.75, 3.05) is 26.2 Å². The van der Waals surface area contributed by atoms with Crippen molar-refractivity contribution >= 4 is 23.6 Å². The average Bonchev–Trinajstić information content (AvgIpc) is 2.67. The number of nitrogens with zero attached hydrogens (tertiary/aromatic N) is 2. The highest BCUT2D eigenvalue weighted by Crippen LogP contribution is 2.13. The number of Topliss-reactive ketones (excluding diaryl/α,β-unsaturated/α-hetero) is 1. The van der Waals surface area contributed by atoms with E-state index < -0.39 is 12.1 Å². The van der Waals surface area contributed by atoms with Crippen LogP contribution in [-0.2, 0) is 19.1 Å². The van der Waals surface area contributed by atoms with Crippen LogP contribution < -0.4 is 0 Å². The van der Waals surface area contributed by atoms with E-state index in [-0.39, 0.29) is 30.4 Å². The van der Waals surface area contributed by atoms with Crippen molar-refractivity contribution in [2.45, 2.75) is 46.6 Å². The molecule has 1 heterocycles. The van der Waals surface area contributed by atoms with Gasteiger partial charge in [-0.25, -0.2) is 0 Å². The minimum atomic E-state index is -0.909. The zero-order valence-electron chi connectivity index (χ0n) is 17.0. The molecule has 0 radical (unpaired) electrons. The maximum Gasteiger partial charge on any atom is 0.307 e. The van der Waals surface area contributed by atoms with Gasteiger partial charge >= 0.3 is 5.97 Å². The summed E-state index contributed by atoms with van der Waals surface area (Å²) in [5.74, 6) is -0.989. The van der Waals surface area contributed by atoms with Gasteiger partial charge in [0.05, 0.1) is 6.42 Å². The fourth-order valence-electron chi connectivity index (χ4n) is 3.08. The second-order valence-electron chi connectivity index (χ2n) is 7.19. The number of hydrogen-bond acceptors (Lipinski definition) is 5. The number of carbonyl (C=O) groups is 4. The van der Waals surface area contributed by atoms with Gasteiger partial charge in [0.15, 0.2) is 11.9 Å². The quantitative estimate of drug-likeness (QED) is 0.549. The molecule has 1 fully saturated rings. The highest BCUT2D eigenvalue weighted by atomic mass is 16.5. The van der Waals surface area contributed by atoms with Gasteiger partial charge in [-0.2, -0.15) is 0 Å². The predicted molar refractivity (Wildman–Crippen MR) is 104 cm³/mol. The van der Waals surface area contributed by atoms with E-state index in [9.17, 15) is 19.2 Å². The van der Waals surface area contributed by atoms with Crippen molar-refractivity contribution in [3.63, 3.8) is 0 Å². The Hall–Kier alpha value is -2.70. The lowest BCUT2D eigenvalue weighted by molar-refractivity contribution is -0.160. The maximum atomic E-state index is 12.4. The summed E-state index contributed by atoms with van der Waals surface area (Å²) in [6.07, 6.45) is -0.936. The van der Waals surface area contributed by atoms with E-state index in [1.165, 1.54) is 13.8 Å². The van der Waals surface area contributed by atoms with Crippen LogP contribution >= 0.6 is 0 Å². The SMILES string of the molecule is CC(=O)N1CCN(C(=O)C(C)OC(=O)CCC(=O)c2ccc(C)c(C)c2)CC1. The first-order valence-corrected chi connectivity index (χ1v) is 9.53. The fraction of sp³-hybridized carbons (Fsp3) is 0.524. The zero-order chi connectivity index (χ0) is 20.8. The molecule has 7 heteroatoms. The van der Waals surface area contributed by atoms with E-state index in [2.05, 4.69) is 0 Å². The summed E-state index contributed by atoms with van der Waals surface area (Å²) in [5, 5.41) is 0. The Bertz CT molecular complexity index is 766. The molecule has 1 aliphatic heterocycles. The second kappa shape index (κ2) is 9.48. The number of piperazine rings is 1. The van der Waals surface area contributed by atoms with Crippen molar-refractivity contribution in [1.29, 1.82) is 0 Å². The normalized spacial score (nSPS) is 15.1. The van der Waals surface area contributed by atoms with Crippen LogP contribution in [0.2, 0.25) is 0 Å². The minimum absolute atomic E-state index is 0.0139. The molecular weight excluding hydrogens is 360 g/mol. The lowest BCUT2D eigenvalue weighted by Crippen LogP contribution is -2.52. The molecule has 1 aliphatic rings. The first kappa shape index (κ1) is 21.6. The Morgan fingerprint density at radius 1 is 0.964 bits per heavy atom. The molecule has 2 rings (SSSR count). The molecule has 0 aromatic heterocycles. The molecular formula is C21H28N2O5. The van der Waals surface area contributed by atoms with E-state index in [1.54, 1.807) is 15.9 Å². The standard InChI is InChI=1S/C21H28N2O5/c1-14-5-6-18(13-15(14)2)19(25)7-8-20(26)28-16(3)21(27)23-11-9-22(10-12-23)17(4)24/h5-6,13,16H,7-12H2,1-4H3.